The van der Waals surface area contributed by atoms with Crippen molar-refractivity contribution in [3.63, 3.8) is 0 Å². The summed E-state index contributed by atoms with van der Waals surface area (Å²) in [6.07, 6.45) is -0.832. The summed E-state index contributed by atoms with van der Waals surface area (Å²) in [5, 5.41) is 2.20. The number of hydrogen-bond acceptors (Lipinski definition) is 5. The first-order valence-electron chi connectivity index (χ1n) is 5.48. The smallest absolute Gasteiger partial charge is 0.408 e. The van der Waals surface area contributed by atoms with Crippen molar-refractivity contribution in [2.75, 3.05) is 5.75 Å². The Labute approximate surface area is 110 Å². The van der Waals surface area contributed by atoms with Crippen LogP contribution in [0.15, 0.2) is 30.3 Å². The molecule has 0 aromatic heterocycles. The number of benzene rings is 1. The fourth-order valence-electron chi connectivity index (χ4n) is 1.58. The molecular weight excluding hydrogens is 272 g/mol. The van der Waals surface area contributed by atoms with Crippen LogP contribution in [0.1, 0.15) is 5.56 Å². The maximum Gasteiger partial charge on any atom is 0.408 e. The van der Waals surface area contributed by atoms with Crippen LogP contribution in [0, 0.1) is 0 Å². The van der Waals surface area contributed by atoms with Gasteiger partial charge in [0.1, 0.15) is 12.6 Å². The summed E-state index contributed by atoms with van der Waals surface area (Å²) in [6.45, 7) is 0.0494. The highest BCUT2D eigenvalue weighted by Crippen LogP contribution is 2.04. The molecule has 19 heavy (non-hydrogen) atoms. The molecule has 102 valence electrons. The minimum atomic E-state index is -3.63. The molecule has 1 fully saturated rings. The van der Waals surface area contributed by atoms with Gasteiger partial charge in [0.15, 0.2) is 0 Å². The van der Waals surface area contributed by atoms with E-state index in [1.54, 1.807) is 29.0 Å². The van der Waals surface area contributed by atoms with Crippen LogP contribution in [0.25, 0.3) is 0 Å². The molecule has 1 aliphatic heterocycles. The van der Waals surface area contributed by atoms with Gasteiger partial charge in [-0.05, 0) is 5.56 Å². The average Bonchev–Trinajstić information content (AvgIpc) is 2.61. The van der Waals surface area contributed by atoms with Gasteiger partial charge in [0.2, 0.25) is 10.0 Å². The van der Waals surface area contributed by atoms with Crippen LogP contribution in [0.3, 0.4) is 0 Å². The number of carbonyl (C=O) groups is 2. The number of ether oxygens (including phenoxy) is 1. The van der Waals surface area contributed by atoms with E-state index >= 15 is 0 Å². The fraction of sp³-hybridized carbons (Fsp3) is 0.273. The lowest BCUT2D eigenvalue weighted by molar-refractivity contribution is -0.120. The number of nitrogens with one attached hydrogen (secondary N) is 2. The van der Waals surface area contributed by atoms with Crippen molar-refractivity contribution in [3.05, 3.63) is 35.9 Å². The second-order valence-corrected chi connectivity index (χ2v) is 5.77. The van der Waals surface area contributed by atoms with Crippen LogP contribution in [0.2, 0.25) is 0 Å². The average molecular weight is 284 g/mol. The zero-order valence-corrected chi connectivity index (χ0v) is 10.6. The molecule has 1 aliphatic rings. The Bertz CT molecular complexity index is 584. The van der Waals surface area contributed by atoms with E-state index in [2.05, 4.69) is 5.32 Å². The van der Waals surface area contributed by atoms with Crippen LogP contribution in [0.5, 0.6) is 0 Å². The minimum absolute atomic E-state index is 0.0494. The van der Waals surface area contributed by atoms with Crippen molar-refractivity contribution in [1.29, 1.82) is 0 Å². The zero-order chi connectivity index (χ0) is 13.9. The Balaban J connectivity index is 1.84. The van der Waals surface area contributed by atoms with Crippen LogP contribution < -0.4 is 10.0 Å². The summed E-state index contributed by atoms with van der Waals surface area (Å²) in [5.74, 6) is -1.22. The Morgan fingerprint density at radius 2 is 2.05 bits per heavy atom. The van der Waals surface area contributed by atoms with E-state index in [0.717, 1.165) is 5.56 Å². The Morgan fingerprint density at radius 3 is 2.63 bits per heavy atom. The molecule has 7 nitrogen and oxygen atoms in total. The van der Waals surface area contributed by atoms with E-state index in [0.29, 0.717) is 0 Å². The van der Waals surface area contributed by atoms with Crippen molar-refractivity contribution in [1.82, 2.24) is 10.0 Å². The van der Waals surface area contributed by atoms with Gasteiger partial charge < -0.3 is 10.1 Å². The number of alkyl carbamates (subject to hydrolysis) is 1. The summed E-state index contributed by atoms with van der Waals surface area (Å²) in [5.41, 5.74) is 0.793. The van der Waals surface area contributed by atoms with Gasteiger partial charge in [-0.1, -0.05) is 30.3 Å². The maximum atomic E-state index is 11.4. The summed E-state index contributed by atoms with van der Waals surface area (Å²) in [6, 6.07) is 7.88. The fourth-order valence-corrected chi connectivity index (χ4v) is 2.78. The lowest BCUT2D eigenvalue weighted by Crippen LogP contribution is -2.41. The largest absolute Gasteiger partial charge is 0.445 e. The molecular formula is C11H12N2O5S. The molecule has 8 heteroatoms. The number of sulfonamides is 1. The van der Waals surface area contributed by atoms with Gasteiger partial charge in [-0.15, -0.1) is 0 Å². The van der Waals surface area contributed by atoms with Gasteiger partial charge in [0.25, 0.3) is 5.91 Å². The first kappa shape index (κ1) is 13.3. The standard InChI is InChI=1S/C11H12N2O5S/c14-10-9(7-19(16,17)13-10)12-11(15)18-6-8-4-2-1-3-5-8/h1-5,9H,6-7H2,(H,12,15)(H,13,14). The molecule has 2 rings (SSSR count). The molecule has 0 radical (unpaired) electrons. The van der Waals surface area contributed by atoms with Crippen molar-refractivity contribution in [2.24, 2.45) is 0 Å². The summed E-state index contributed by atoms with van der Waals surface area (Å²) in [4.78, 5) is 22.7. The number of amides is 2. The third-order valence-corrected chi connectivity index (χ3v) is 3.75. The molecule has 0 saturated carbocycles. The number of rotatable bonds is 3. The van der Waals surface area contributed by atoms with E-state index in [-0.39, 0.29) is 6.61 Å². The van der Waals surface area contributed by atoms with Crippen molar-refractivity contribution >= 4 is 22.0 Å². The molecule has 1 heterocycles. The van der Waals surface area contributed by atoms with E-state index in [1.807, 2.05) is 6.07 Å². The van der Waals surface area contributed by atoms with Crippen LogP contribution >= 0.6 is 0 Å². The first-order valence-corrected chi connectivity index (χ1v) is 7.13. The van der Waals surface area contributed by atoms with Crippen molar-refractivity contribution in [2.45, 2.75) is 12.6 Å². The third kappa shape index (κ3) is 3.68. The SMILES string of the molecule is O=C(NC1CS(=O)(=O)NC1=O)OCc1ccccc1. The normalized spacial score (nSPS) is 20.6. The predicted octanol–water partition coefficient (Wildman–Crippen LogP) is -0.259. The van der Waals surface area contributed by atoms with Crippen LogP contribution in [-0.4, -0.2) is 32.2 Å². The van der Waals surface area contributed by atoms with Gasteiger partial charge >= 0.3 is 6.09 Å². The second kappa shape index (κ2) is 5.27. The monoisotopic (exact) mass is 284 g/mol. The van der Waals surface area contributed by atoms with E-state index in [1.165, 1.54) is 0 Å². The molecule has 0 aliphatic carbocycles. The molecule has 1 saturated heterocycles. The Hall–Kier alpha value is -2.09. The highest BCUT2D eigenvalue weighted by molar-refractivity contribution is 7.90. The number of carbonyl (C=O) groups excluding carboxylic acids is 2. The van der Waals surface area contributed by atoms with Gasteiger partial charge in [0.05, 0.1) is 5.75 Å². The molecule has 0 spiro atoms. The Kier molecular flexibility index (Phi) is 3.70. The van der Waals surface area contributed by atoms with Gasteiger partial charge in [0, 0.05) is 0 Å². The quantitative estimate of drug-likeness (QED) is 0.796. The maximum absolute atomic E-state index is 11.4. The topological polar surface area (TPSA) is 102 Å². The van der Waals surface area contributed by atoms with Crippen LogP contribution in [-0.2, 0) is 26.2 Å². The summed E-state index contributed by atoms with van der Waals surface area (Å²) >= 11 is 0. The van der Waals surface area contributed by atoms with Gasteiger partial charge in [-0.2, -0.15) is 0 Å². The van der Waals surface area contributed by atoms with Gasteiger partial charge in [-0.3, -0.25) is 9.52 Å². The zero-order valence-electron chi connectivity index (χ0n) is 9.83. The lowest BCUT2D eigenvalue weighted by atomic mass is 10.2. The lowest BCUT2D eigenvalue weighted by Gasteiger charge is -2.09. The summed E-state index contributed by atoms with van der Waals surface area (Å²) < 4.78 is 28.8. The van der Waals surface area contributed by atoms with Crippen molar-refractivity contribution < 1.29 is 22.7 Å². The second-order valence-electron chi connectivity index (χ2n) is 4.01. The molecule has 1 aromatic carbocycles. The molecule has 2 N–H and O–H groups in total. The minimum Gasteiger partial charge on any atom is -0.445 e. The highest BCUT2D eigenvalue weighted by Gasteiger charge is 2.36. The molecule has 0 bridgehead atoms. The van der Waals surface area contributed by atoms with E-state index in [4.69, 9.17) is 4.74 Å². The highest BCUT2D eigenvalue weighted by atomic mass is 32.2. The molecule has 1 unspecified atom stereocenters. The van der Waals surface area contributed by atoms with E-state index in [9.17, 15) is 18.0 Å². The Morgan fingerprint density at radius 1 is 1.37 bits per heavy atom. The first-order chi connectivity index (χ1) is 8.96. The molecule has 2 amide bonds. The van der Waals surface area contributed by atoms with Gasteiger partial charge in [-0.25, -0.2) is 13.2 Å². The third-order valence-electron chi connectivity index (χ3n) is 2.46. The molecule has 1 atom stereocenters. The predicted molar refractivity (Wildman–Crippen MR) is 65.5 cm³/mol. The van der Waals surface area contributed by atoms with Crippen molar-refractivity contribution in [3.8, 4) is 0 Å². The van der Waals surface area contributed by atoms with Crippen LogP contribution in [0.4, 0.5) is 4.79 Å². The molecule has 1 aromatic rings. The number of hydrogen-bond donors (Lipinski definition) is 2. The summed E-state index contributed by atoms with van der Waals surface area (Å²) in [7, 11) is -3.63. The van der Waals surface area contributed by atoms with E-state index < -0.39 is 33.8 Å².